The van der Waals surface area contributed by atoms with Crippen LogP contribution in [0, 0.1) is 0 Å². The zero-order valence-electron chi connectivity index (χ0n) is 11.6. The zero-order chi connectivity index (χ0) is 15.6. The number of rotatable bonds is 3. The van der Waals surface area contributed by atoms with Crippen LogP contribution in [0.3, 0.4) is 0 Å². The molecule has 0 aromatic heterocycles. The number of hydrogen-bond acceptors (Lipinski definition) is 4. The largest absolute Gasteiger partial charge is 0.419 e. The first kappa shape index (κ1) is 15.2. The Balaban J connectivity index is 2.36. The summed E-state index contributed by atoms with van der Waals surface area (Å²) in [6.45, 7) is 2.87. The predicted octanol–water partition coefficient (Wildman–Crippen LogP) is 2.71. The summed E-state index contributed by atoms with van der Waals surface area (Å²) in [6, 6.07) is 6.30. The standard InChI is InChI=1S/C15H14F2O4/c1-15(2)20-13(18)11(14(19)21-15)7-9-5-3-4-6-10(9)8-12(16)17/h3-7,12H,8H2,1-2H3. The van der Waals surface area contributed by atoms with Crippen molar-refractivity contribution in [2.24, 2.45) is 0 Å². The van der Waals surface area contributed by atoms with E-state index in [0.29, 0.717) is 11.1 Å². The average Bonchev–Trinajstić information content (AvgIpc) is 2.33. The number of carbonyl (C=O) groups excluding carboxylic acids is 2. The van der Waals surface area contributed by atoms with Crippen LogP contribution in [0.4, 0.5) is 8.78 Å². The van der Waals surface area contributed by atoms with E-state index >= 15 is 0 Å². The normalized spacial score (nSPS) is 17.5. The van der Waals surface area contributed by atoms with Crippen LogP contribution in [0.25, 0.3) is 6.08 Å². The van der Waals surface area contributed by atoms with Gasteiger partial charge in [-0.05, 0) is 17.2 Å². The second kappa shape index (κ2) is 5.63. The molecule has 0 N–H and O–H groups in total. The first-order valence-corrected chi connectivity index (χ1v) is 6.33. The molecule has 0 atom stereocenters. The quantitative estimate of drug-likeness (QED) is 0.489. The van der Waals surface area contributed by atoms with Crippen LogP contribution in [-0.2, 0) is 25.5 Å². The Morgan fingerprint density at radius 2 is 1.71 bits per heavy atom. The predicted molar refractivity (Wildman–Crippen MR) is 70.4 cm³/mol. The molecule has 1 saturated heterocycles. The maximum Gasteiger partial charge on any atom is 0.348 e. The van der Waals surface area contributed by atoms with Crippen molar-refractivity contribution in [1.82, 2.24) is 0 Å². The van der Waals surface area contributed by atoms with Crippen molar-refractivity contribution in [3.05, 3.63) is 41.0 Å². The molecule has 1 aromatic carbocycles. The van der Waals surface area contributed by atoms with Gasteiger partial charge in [0.1, 0.15) is 5.57 Å². The van der Waals surface area contributed by atoms with Crippen molar-refractivity contribution in [1.29, 1.82) is 0 Å². The third-order valence-corrected chi connectivity index (χ3v) is 2.85. The van der Waals surface area contributed by atoms with E-state index in [1.165, 1.54) is 26.0 Å². The SMILES string of the molecule is CC1(C)OC(=O)C(=Cc2ccccc2CC(F)F)C(=O)O1. The molecular weight excluding hydrogens is 282 g/mol. The molecule has 2 rings (SSSR count). The summed E-state index contributed by atoms with van der Waals surface area (Å²) in [4.78, 5) is 23.6. The summed E-state index contributed by atoms with van der Waals surface area (Å²) in [5, 5.41) is 0. The third kappa shape index (κ3) is 3.65. The van der Waals surface area contributed by atoms with E-state index in [9.17, 15) is 18.4 Å². The lowest BCUT2D eigenvalue weighted by atomic mass is 10.0. The number of carbonyl (C=O) groups is 2. The lowest BCUT2D eigenvalue weighted by Crippen LogP contribution is -2.41. The molecule has 6 heteroatoms. The number of benzene rings is 1. The van der Waals surface area contributed by atoms with E-state index in [1.54, 1.807) is 18.2 Å². The minimum absolute atomic E-state index is 0.309. The minimum Gasteiger partial charge on any atom is -0.419 e. The number of halogens is 2. The highest BCUT2D eigenvalue weighted by atomic mass is 19.3. The lowest BCUT2D eigenvalue weighted by Gasteiger charge is -2.29. The molecule has 1 aromatic rings. The minimum atomic E-state index is -2.52. The summed E-state index contributed by atoms with van der Waals surface area (Å²) >= 11 is 0. The van der Waals surface area contributed by atoms with Gasteiger partial charge in [-0.1, -0.05) is 24.3 Å². The van der Waals surface area contributed by atoms with Gasteiger partial charge in [0.15, 0.2) is 0 Å². The summed E-state index contributed by atoms with van der Waals surface area (Å²) in [7, 11) is 0. The van der Waals surface area contributed by atoms with E-state index in [1.807, 2.05) is 0 Å². The Bertz CT molecular complexity index is 583. The molecule has 0 unspecified atom stereocenters. The molecule has 1 aliphatic rings. The first-order valence-electron chi connectivity index (χ1n) is 6.33. The zero-order valence-corrected chi connectivity index (χ0v) is 11.6. The van der Waals surface area contributed by atoms with Crippen molar-refractivity contribution in [2.45, 2.75) is 32.5 Å². The first-order chi connectivity index (χ1) is 9.78. The van der Waals surface area contributed by atoms with Crippen LogP contribution < -0.4 is 0 Å². The second-order valence-corrected chi connectivity index (χ2v) is 5.03. The average molecular weight is 296 g/mol. The summed E-state index contributed by atoms with van der Waals surface area (Å²) in [5.74, 6) is -2.99. The molecule has 112 valence electrons. The topological polar surface area (TPSA) is 52.6 Å². The van der Waals surface area contributed by atoms with Gasteiger partial charge in [-0.15, -0.1) is 0 Å². The van der Waals surface area contributed by atoms with E-state index < -0.39 is 30.6 Å². The van der Waals surface area contributed by atoms with Gasteiger partial charge in [-0.3, -0.25) is 0 Å². The van der Waals surface area contributed by atoms with Gasteiger partial charge in [0.2, 0.25) is 6.43 Å². The monoisotopic (exact) mass is 296 g/mol. The van der Waals surface area contributed by atoms with Gasteiger partial charge in [0, 0.05) is 20.3 Å². The highest BCUT2D eigenvalue weighted by molar-refractivity contribution is 6.18. The molecule has 4 nitrogen and oxygen atoms in total. The Morgan fingerprint density at radius 1 is 1.14 bits per heavy atom. The fourth-order valence-corrected chi connectivity index (χ4v) is 1.96. The van der Waals surface area contributed by atoms with Gasteiger partial charge in [0.05, 0.1) is 0 Å². The van der Waals surface area contributed by atoms with Crippen molar-refractivity contribution >= 4 is 18.0 Å². The van der Waals surface area contributed by atoms with Crippen LogP contribution in [0.2, 0.25) is 0 Å². The summed E-state index contributed by atoms with van der Waals surface area (Å²) in [5.41, 5.74) is 0.392. The molecular formula is C15H14F2O4. The molecule has 0 radical (unpaired) electrons. The number of ether oxygens (including phenoxy) is 2. The maximum atomic E-state index is 12.5. The highest BCUT2D eigenvalue weighted by Crippen LogP contribution is 2.25. The summed E-state index contributed by atoms with van der Waals surface area (Å²) in [6.07, 6.45) is -1.76. The van der Waals surface area contributed by atoms with Gasteiger partial charge < -0.3 is 9.47 Å². The molecule has 0 bridgehead atoms. The van der Waals surface area contributed by atoms with E-state index in [-0.39, 0.29) is 5.57 Å². The maximum absolute atomic E-state index is 12.5. The van der Waals surface area contributed by atoms with Gasteiger partial charge in [-0.2, -0.15) is 0 Å². The lowest BCUT2D eigenvalue weighted by molar-refractivity contribution is -0.222. The molecule has 1 heterocycles. The molecule has 0 saturated carbocycles. The Hall–Kier alpha value is -2.24. The van der Waals surface area contributed by atoms with Gasteiger partial charge >= 0.3 is 11.9 Å². The van der Waals surface area contributed by atoms with Crippen LogP contribution >= 0.6 is 0 Å². The smallest absolute Gasteiger partial charge is 0.348 e. The van der Waals surface area contributed by atoms with Crippen molar-refractivity contribution in [3.8, 4) is 0 Å². The van der Waals surface area contributed by atoms with Crippen molar-refractivity contribution in [2.75, 3.05) is 0 Å². The van der Waals surface area contributed by atoms with Crippen LogP contribution in [0.15, 0.2) is 29.8 Å². The van der Waals surface area contributed by atoms with Crippen LogP contribution in [0.1, 0.15) is 25.0 Å². The summed E-state index contributed by atoms with van der Waals surface area (Å²) < 4.78 is 35.0. The van der Waals surface area contributed by atoms with E-state index in [0.717, 1.165) is 0 Å². The highest BCUT2D eigenvalue weighted by Gasteiger charge is 2.38. The van der Waals surface area contributed by atoms with Crippen molar-refractivity contribution in [3.63, 3.8) is 0 Å². The molecule has 0 amide bonds. The fraction of sp³-hybridized carbons (Fsp3) is 0.333. The Morgan fingerprint density at radius 3 is 2.29 bits per heavy atom. The Kier molecular flexibility index (Phi) is 4.06. The number of hydrogen-bond donors (Lipinski definition) is 0. The number of esters is 2. The van der Waals surface area contributed by atoms with E-state index in [4.69, 9.17) is 9.47 Å². The third-order valence-electron chi connectivity index (χ3n) is 2.85. The second-order valence-electron chi connectivity index (χ2n) is 5.03. The van der Waals surface area contributed by atoms with Crippen LogP contribution in [0.5, 0.6) is 0 Å². The molecule has 1 fully saturated rings. The number of alkyl halides is 2. The van der Waals surface area contributed by atoms with Crippen LogP contribution in [-0.4, -0.2) is 24.2 Å². The van der Waals surface area contributed by atoms with E-state index in [2.05, 4.69) is 0 Å². The fourth-order valence-electron chi connectivity index (χ4n) is 1.96. The molecule has 0 spiro atoms. The van der Waals surface area contributed by atoms with Gasteiger partial charge in [-0.25, -0.2) is 18.4 Å². The van der Waals surface area contributed by atoms with Crippen molar-refractivity contribution < 1.29 is 27.8 Å². The number of cyclic esters (lactones) is 2. The molecule has 21 heavy (non-hydrogen) atoms. The van der Waals surface area contributed by atoms with Gasteiger partial charge in [0.25, 0.3) is 5.79 Å². The molecule has 0 aliphatic carbocycles. The Labute approximate surface area is 120 Å². The molecule has 1 aliphatic heterocycles.